The van der Waals surface area contributed by atoms with Gasteiger partial charge in [0.1, 0.15) is 0 Å². The van der Waals surface area contributed by atoms with Crippen molar-refractivity contribution in [2.24, 2.45) is 0 Å². The third-order valence-corrected chi connectivity index (χ3v) is 1.81. The van der Waals surface area contributed by atoms with Crippen LogP contribution < -0.4 is 0 Å². The zero-order valence-electron chi connectivity index (χ0n) is 7.17. The molecule has 0 saturated carbocycles. The molecule has 0 heterocycles. The lowest BCUT2D eigenvalue weighted by atomic mass is 10.1. The van der Waals surface area contributed by atoms with E-state index in [1.165, 1.54) is 24.3 Å². The predicted molar refractivity (Wildman–Crippen MR) is 45.5 cm³/mol. The third kappa shape index (κ3) is 2.46. The van der Waals surface area contributed by atoms with E-state index in [-0.39, 0.29) is 12.1 Å². The van der Waals surface area contributed by atoms with Crippen LogP contribution in [0.25, 0.3) is 5.73 Å². The number of hydrogen-bond donors (Lipinski definition) is 1. The van der Waals surface area contributed by atoms with E-state index >= 15 is 0 Å². The Bertz CT molecular complexity index is 294. The van der Waals surface area contributed by atoms with Gasteiger partial charge >= 0.3 is 6.18 Å². The molecular weight excluding hydrogens is 195 g/mol. The molecule has 1 atom stereocenters. The fourth-order valence-electron chi connectivity index (χ4n) is 1.01. The molecule has 1 aromatic carbocycles. The molecule has 0 fully saturated rings. The summed E-state index contributed by atoms with van der Waals surface area (Å²) in [5.41, 5.74) is 7.37. The topological polar surface area (TPSA) is 44.0 Å². The third-order valence-electron chi connectivity index (χ3n) is 1.81. The molecule has 1 aromatic rings. The van der Waals surface area contributed by atoms with Crippen molar-refractivity contribution in [1.82, 2.24) is 0 Å². The molecule has 0 aliphatic carbocycles. The molecule has 1 rings (SSSR count). The first-order valence-electron chi connectivity index (χ1n) is 3.93. The van der Waals surface area contributed by atoms with E-state index in [4.69, 9.17) is 10.8 Å². The number of aliphatic hydroxyl groups excluding tert-OH is 1. The molecular formula is C9H9F3NO-. The summed E-state index contributed by atoms with van der Waals surface area (Å²) in [5.74, 6) is 0. The maximum absolute atomic E-state index is 12.0. The minimum atomic E-state index is -4.64. The van der Waals surface area contributed by atoms with E-state index in [1.807, 2.05) is 0 Å². The van der Waals surface area contributed by atoms with E-state index in [0.717, 1.165) is 0 Å². The highest BCUT2D eigenvalue weighted by Gasteiger charge is 2.39. The van der Waals surface area contributed by atoms with Gasteiger partial charge in [-0.2, -0.15) is 13.2 Å². The zero-order chi connectivity index (χ0) is 10.8. The summed E-state index contributed by atoms with van der Waals surface area (Å²) < 4.78 is 36.1. The van der Waals surface area contributed by atoms with Gasteiger partial charge in [0.05, 0.1) is 0 Å². The lowest BCUT2D eigenvalue weighted by molar-refractivity contribution is -0.206. The molecule has 0 bridgehead atoms. The van der Waals surface area contributed by atoms with Gasteiger partial charge in [0, 0.05) is 0 Å². The Morgan fingerprint density at radius 1 is 1.21 bits per heavy atom. The van der Waals surface area contributed by atoms with Crippen LogP contribution >= 0.6 is 0 Å². The Morgan fingerprint density at radius 3 is 2.07 bits per heavy atom. The van der Waals surface area contributed by atoms with Crippen LogP contribution in [-0.2, 0) is 6.54 Å². The minimum absolute atomic E-state index is 0.0163. The fourth-order valence-corrected chi connectivity index (χ4v) is 1.01. The number of benzene rings is 1. The van der Waals surface area contributed by atoms with Crippen molar-refractivity contribution < 1.29 is 18.3 Å². The van der Waals surface area contributed by atoms with Crippen LogP contribution in [0, 0.1) is 0 Å². The van der Waals surface area contributed by atoms with Crippen LogP contribution in [0.2, 0.25) is 0 Å². The van der Waals surface area contributed by atoms with Gasteiger partial charge in [-0.05, 0) is 5.56 Å². The molecule has 78 valence electrons. The maximum Gasteiger partial charge on any atom is 0.418 e. The average molecular weight is 204 g/mol. The van der Waals surface area contributed by atoms with Crippen LogP contribution in [0.5, 0.6) is 0 Å². The molecule has 14 heavy (non-hydrogen) atoms. The molecule has 5 heteroatoms. The summed E-state index contributed by atoms with van der Waals surface area (Å²) >= 11 is 0. The Morgan fingerprint density at radius 2 is 1.71 bits per heavy atom. The normalized spacial score (nSPS) is 14.1. The van der Waals surface area contributed by atoms with Crippen molar-refractivity contribution in [3.63, 3.8) is 0 Å². The first-order valence-corrected chi connectivity index (χ1v) is 3.93. The lowest BCUT2D eigenvalue weighted by Crippen LogP contribution is -2.20. The van der Waals surface area contributed by atoms with E-state index in [2.05, 4.69) is 0 Å². The summed E-state index contributed by atoms with van der Waals surface area (Å²) in [5, 5.41) is 8.85. The molecule has 0 aromatic heterocycles. The van der Waals surface area contributed by atoms with Gasteiger partial charge in [-0.25, -0.2) is 0 Å². The molecule has 1 unspecified atom stereocenters. The SMILES string of the molecule is [NH-]Cc1ccc(C(O)C(F)(F)F)cc1. The molecule has 0 amide bonds. The van der Waals surface area contributed by atoms with Gasteiger partial charge in [0.2, 0.25) is 0 Å². The number of alkyl halides is 3. The van der Waals surface area contributed by atoms with E-state index < -0.39 is 12.3 Å². The van der Waals surface area contributed by atoms with Gasteiger partial charge in [-0.3, -0.25) is 0 Å². The largest absolute Gasteiger partial charge is 0.674 e. The van der Waals surface area contributed by atoms with E-state index in [0.29, 0.717) is 5.56 Å². The van der Waals surface area contributed by atoms with Gasteiger partial charge in [-0.1, -0.05) is 29.8 Å². The Labute approximate surface area is 79.2 Å². The molecule has 2 nitrogen and oxygen atoms in total. The van der Waals surface area contributed by atoms with Gasteiger partial charge in [0.15, 0.2) is 6.10 Å². The van der Waals surface area contributed by atoms with E-state index in [9.17, 15) is 13.2 Å². The zero-order valence-corrected chi connectivity index (χ0v) is 7.17. The minimum Gasteiger partial charge on any atom is -0.674 e. The number of hydrogen-bond acceptors (Lipinski definition) is 1. The maximum atomic E-state index is 12.0. The molecule has 0 radical (unpaired) electrons. The second kappa shape index (κ2) is 3.98. The quantitative estimate of drug-likeness (QED) is 0.790. The summed E-state index contributed by atoms with van der Waals surface area (Å²) in [6.07, 6.45) is -7.08. The van der Waals surface area contributed by atoms with Gasteiger partial charge < -0.3 is 10.8 Å². The fraction of sp³-hybridized carbons (Fsp3) is 0.333. The van der Waals surface area contributed by atoms with Crippen molar-refractivity contribution in [2.75, 3.05) is 0 Å². The highest BCUT2D eigenvalue weighted by Crippen LogP contribution is 2.32. The standard InChI is InChI=1S/C9H9F3NO/c10-9(11,12)8(14)7-3-1-6(5-13)2-4-7/h1-4,8,13-14H,5H2/q-1. The summed E-state index contributed by atoms with van der Waals surface area (Å²) in [4.78, 5) is 0. The monoisotopic (exact) mass is 204 g/mol. The first kappa shape index (κ1) is 11.0. The second-order valence-electron chi connectivity index (χ2n) is 2.86. The Hall–Kier alpha value is -1.07. The van der Waals surface area contributed by atoms with Gasteiger partial charge in [0.25, 0.3) is 0 Å². The van der Waals surface area contributed by atoms with Crippen molar-refractivity contribution in [1.29, 1.82) is 0 Å². The first-order chi connectivity index (χ1) is 6.45. The summed E-state index contributed by atoms with van der Waals surface area (Å²) in [7, 11) is 0. The average Bonchev–Trinajstić information content (AvgIpc) is 2.15. The Kier molecular flexibility index (Phi) is 3.13. The number of aliphatic hydroxyl groups is 1. The number of rotatable bonds is 2. The number of nitrogens with one attached hydrogen (secondary N) is 1. The van der Waals surface area contributed by atoms with E-state index in [1.54, 1.807) is 0 Å². The highest BCUT2D eigenvalue weighted by atomic mass is 19.4. The summed E-state index contributed by atoms with van der Waals surface area (Å²) in [6, 6.07) is 5.17. The van der Waals surface area contributed by atoms with Crippen LogP contribution in [0.15, 0.2) is 24.3 Å². The van der Waals surface area contributed by atoms with Crippen LogP contribution in [0.1, 0.15) is 17.2 Å². The molecule has 0 saturated heterocycles. The molecule has 2 N–H and O–H groups in total. The van der Waals surface area contributed by atoms with Crippen molar-refractivity contribution >= 4 is 0 Å². The van der Waals surface area contributed by atoms with Crippen molar-refractivity contribution in [3.05, 3.63) is 41.1 Å². The smallest absolute Gasteiger partial charge is 0.418 e. The van der Waals surface area contributed by atoms with Gasteiger partial charge in [-0.15, -0.1) is 6.54 Å². The molecule has 0 aliphatic rings. The predicted octanol–water partition coefficient (Wildman–Crippen LogP) is 2.83. The van der Waals surface area contributed by atoms with Crippen molar-refractivity contribution in [2.45, 2.75) is 18.8 Å². The second-order valence-corrected chi connectivity index (χ2v) is 2.86. The van der Waals surface area contributed by atoms with Crippen LogP contribution in [0.4, 0.5) is 13.2 Å². The van der Waals surface area contributed by atoms with Crippen LogP contribution in [0.3, 0.4) is 0 Å². The van der Waals surface area contributed by atoms with Crippen LogP contribution in [-0.4, -0.2) is 11.3 Å². The highest BCUT2D eigenvalue weighted by molar-refractivity contribution is 5.25. The van der Waals surface area contributed by atoms with Crippen molar-refractivity contribution in [3.8, 4) is 0 Å². The lowest BCUT2D eigenvalue weighted by Gasteiger charge is -2.15. The molecule has 0 aliphatic heterocycles. The molecule has 0 spiro atoms. The summed E-state index contributed by atoms with van der Waals surface area (Å²) in [6.45, 7) is 0.0163. The number of halogens is 3. The Balaban J connectivity index is 2.87.